The second kappa shape index (κ2) is 4.76. The highest BCUT2D eigenvalue weighted by Gasteiger charge is 2.50. The molecule has 0 unspecified atom stereocenters. The molecule has 2 N–H and O–H groups in total. The molecule has 0 saturated heterocycles. The summed E-state index contributed by atoms with van der Waals surface area (Å²) in [6, 6.07) is 1.74. The first-order valence-corrected chi connectivity index (χ1v) is 6.65. The van der Waals surface area contributed by atoms with Crippen molar-refractivity contribution in [3.8, 4) is 0 Å². The normalized spacial score (nSPS) is 16.3. The van der Waals surface area contributed by atoms with Crippen molar-refractivity contribution in [2.45, 2.75) is 26.3 Å². The van der Waals surface area contributed by atoms with Gasteiger partial charge in [0.25, 0.3) is 5.91 Å². The maximum Gasteiger partial charge on any atom is 0.311 e. The summed E-state index contributed by atoms with van der Waals surface area (Å²) in [7, 11) is 0. The van der Waals surface area contributed by atoms with Crippen LogP contribution in [0.2, 0.25) is 0 Å². The van der Waals surface area contributed by atoms with Gasteiger partial charge in [-0.1, -0.05) is 0 Å². The van der Waals surface area contributed by atoms with Crippen molar-refractivity contribution in [1.82, 2.24) is 9.88 Å². The molecule has 1 aliphatic rings. The highest BCUT2D eigenvalue weighted by atomic mass is 79.9. The first-order chi connectivity index (χ1) is 8.48. The van der Waals surface area contributed by atoms with E-state index in [2.05, 4.69) is 21.2 Å². The summed E-state index contributed by atoms with van der Waals surface area (Å²) in [6.45, 7) is 2.84. The molecule has 0 aliphatic heterocycles. The molecule has 98 valence electrons. The highest BCUT2D eigenvalue weighted by molar-refractivity contribution is 9.10. The first-order valence-electron chi connectivity index (χ1n) is 5.86. The van der Waals surface area contributed by atoms with Gasteiger partial charge in [-0.15, -0.1) is 0 Å². The summed E-state index contributed by atoms with van der Waals surface area (Å²) in [6.07, 6.45) is 3.11. The van der Waals surface area contributed by atoms with Gasteiger partial charge in [-0.25, -0.2) is 0 Å². The van der Waals surface area contributed by atoms with Gasteiger partial charge in [-0.3, -0.25) is 9.59 Å². The van der Waals surface area contributed by atoms with Crippen LogP contribution in [-0.2, 0) is 11.3 Å². The van der Waals surface area contributed by atoms with E-state index in [1.54, 1.807) is 6.07 Å². The van der Waals surface area contributed by atoms with Gasteiger partial charge < -0.3 is 15.0 Å². The number of nitrogens with zero attached hydrogens (tertiary/aromatic N) is 1. The van der Waals surface area contributed by atoms with E-state index in [1.165, 1.54) is 0 Å². The summed E-state index contributed by atoms with van der Waals surface area (Å²) in [5.41, 5.74) is -0.179. The Kier molecular flexibility index (Phi) is 3.47. The molecule has 1 aromatic rings. The Morgan fingerprint density at radius 1 is 1.56 bits per heavy atom. The number of aliphatic carboxylic acids is 1. The molecule has 0 atom stereocenters. The van der Waals surface area contributed by atoms with E-state index in [4.69, 9.17) is 5.11 Å². The third-order valence-corrected chi connectivity index (χ3v) is 3.76. The Labute approximate surface area is 113 Å². The van der Waals surface area contributed by atoms with Crippen molar-refractivity contribution >= 4 is 27.8 Å². The minimum absolute atomic E-state index is 0.202. The maximum absolute atomic E-state index is 12.0. The lowest BCUT2D eigenvalue weighted by atomic mass is 10.1. The number of halogens is 1. The Balaban J connectivity index is 2.02. The summed E-state index contributed by atoms with van der Waals surface area (Å²) in [4.78, 5) is 23.0. The standard InChI is InChI=1S/C12H15BrN2O3/c1-2-15-6-8(13)5-9(15)10(16)14-7-12(3-4-12)11(17)18/h5-6H,2-4,7H2,1H3,(H,14,16)(H,17,18). The van der Waals surface area contributed by atoms with E-state index < -0.39 is 11.4 Å². The molecule has 0 aromatic carbocycles. The van der Waals surface area contributed by atoms with E-state index >= 15 is 0 Å². The number of carboxylic acid groups (broad SMARTS) is 1. The quantitative estimate of drug-likeness (QED) is 0.871. The number of hydrogen-bond donors (Lipinski definition) is 2. The van der Waals surface area contributed by atoms with E-state index in [1.807, 2.05) is 17.7 Å². The molecule has 5 nitrogen and oxygen atoms in total. The summed E-state index contributed by atoms with van der Waals surface area (Å²) >= 11 is 3.32. The lowest BCUT2D eigenvalue weighted by Crippen LogP contribution is -2.35. The van der Waals surface area contributed by atoms with Crippen LogP contribution < -0.4 is 5.32 Å². The molecule has 0 spiro atoms. The van der Waals surface area contributed by atoms with Crippen LogP contribution in [0.3, 0.4) is 0 Å². The molecule has 1 fully saturated rings. The molecule has 0 bridgehead atoms. The highest BCUT2D eigenvalue weighted by Crippen LogP contribution is 2.45. The number of rotatable bonds is 5. The molecular weight excluding hydrogens is 300 g/mol. The number of aryl methyl sites for hydroxylation is 1. The predicted octanol–water partition coefficient (Wildman–Crippen LogP) is 1.87. The number of aromatic nitrogens is 1. The molecular formula is C12H15BrN2O3. The van der Waals surface area contributed by atoms with Crippen molar-refractivity contribution < 1.29 is 14.7 Å². The fourth-order valence-electron chi connectivity index (χ4n) is 1.88. The van der Waals surface area contributed by atoms with Crippen molar-refractivity contribution in [3.05, 3.63) is 22.4 Å². The Morgan fingerprint density at radius 2 is 2.22 bits per heavy atom. The molecule has 18 heavy (non-hydrogen) atoms. The van der Waals surface area contributed by atoms with Gasteiger partial charge in [0.05, 0.1) is 5.41 Å². The average Bonchev–Trinajstić information content (AvgIpc) is 3.03. The van der Waals surface area contributed by atoms with Crippen LogP contribution in [-0.4, -0.2) is 28.1 Å². The van der Waals surface area contributed by atoms with Crippen LogP contribution in [0, 0.1) is 5.41 Å². The maximum atomic E-state index is 12.0. The lowest BCUT2D eigenvalue weighted by molar-refractivity contribution is -0.143. The molecule has 1 amide bonds. The molecule has 1 aliphatic carbocycles. The zero-order valence-electron chi connectivity index (χ0n) is 10.1. The fraction of sp³-hybridized carbons (Fsp3) is 0.500. The number of carboxylic acids is 1. The van der Waals surface area contributed by atoms with Gasteiger partial charge in [-0.05, 0) is 41.8 Å². The van der Waals surface area contributed by atoms with Gasteiger partial charge >= 0.3 is 5.97 Å². The van der Waals surface area contributed by atoms with E-state index in [9.17, 15) is 9.59 Å². The van der Waals surface area contributed by atoms with Crippen LogP contribution in [0.25, 0.3) is 0 Å². The van der Waals surface area contributed by atoms with Crippen LogP contribution in [0.5, 0.6) is 0 Å². The van der Waals surface area contributed by atoms with Gasteiger partial charge in [0.15, 0.2) is 0 Å². The van der Waals surface area contributed by atoms with Crippen molar-refractivity contribution in [1.29, 1.82) is 0 Å². The van der Waals surface area contributed by atoms with Crippen LogP contribution in [0.4, 0.5) is 0 Å². The fourth-order valence-corrected chi connectivity index (χ4v) is 2.35. The lowest BCUT2D eigenvalue weighted by Gasteiger charge is -2.12. The minimum Gasteiger partial charge on any atom is -0.481 e. The largest absolute Gasteiger partial charge is 0.481 e. The number of amides is 1. The number of carbonyl (C=O) groups is 2. The second-order valence-corrected chi connectivity index (χ2v) is 5.51. The summed E-state index contributed by atoms with van der Waals surface area (Å²) < 4.78 is 2.66. The van der Waals surface area contributed by atoms with Gasteiger partial charge in [0.2, 0.25) is 0 Å². The first kappa shape index (κ1) is 13.1. The molecule has 6 heteroatoms. The Morgan fingerprint density at radius 3 is 2.72 bits per heavy atom. The van der Waals surface area contributed by atoms with Crippen LogP contribution in [0.1, 0.15) is 30.3 Å². The van der Waals surface area contributed by atoms with Crippen LogP contribution >= 0.6 is 15.9 Å². The second-order valence-electron chi connectivity index (χ2n) is 4.60. The van der Waals surface area contributed by atoms with Crippen molar-refractivity contribution in [3.63, 3.8) is 0 Å². The predicted molar refractivity (Wildman–Crippen MR) is 69.4 cm³/mol. The molecule has 1 saturated carbocycles. The van der Waals surface area contributed by atoms with Gasteiger partial charge in [-0.2, -0.15) is 0 Å². The average molecular weight is 315 g/mol. The minimum atomic E-state index is -0.824. The topological polar surface area (TPSA) is 71.3 Å². The monoisotopic (exact) mass is 314 g/mol. The molecule has 1 aromatic heterocycles. The zero-order chi connectivity index (χ0) is 13.3. The van der Waals surface area contributed by atoms with E-state index in [-0.39, 0.29) is 12.5 Å². The number of hydrogen-bond acceptors (Lipinski definition) is 2. The Bertz CT molecular complexity index is 492. The number of nitrogens with one attached hydrogen (secondary N) is 1. The van der Waals surface area contributed by atoms with E-state index in [0.717, 1.165) is 4.47 Å². The Hall–Kier alpha value is -1.30. The summed E-state index contributed by atoms with van der Waals surface area (Å²) in [5, 5.41) is 11.7. The summed E-state index contributed by atoms with van der Waals surface area (Å²) in [5.74, 6) is -1.05. The number of carbonyl (C=O) groups excluding carboxylic acids is 1. The van der Waals surface area contributed by atoms with Crippen molar-refractivity contribution in [2.75, 3.05) is 6.54 Å². The van der Waals surface area contributed by atoms with Crippen molar-refractivity contribution in [2.24, 2.45) is 5.41 Å². The SMILES string of the molecule is CCn1cc(Br)cc1C(=O)NCC1(C(=O)O)CC1. The third-order valence-electron chi connectivity index (χ3n) is 3.33. The molecule has 2 rings (SSSR count). The van der Waals surface area contributed by atoms with Gasteiger partial charge in [0, 0.05) is 23.8 Å². The smallest absolute Gasteiger partial charge is 0.311 e. The van der Waals surface area contributed by atoms with Crippen LogP contribution in [0.15, 0.2) is 16.7 Å². The third kappa shape index (κ3) is 2.43. The molecule has 1 heterocycles. The van der Waals surface area contributed by atoms with Gasteiger partial charge in [0.1, 0.15) is 5.69 Å². The molecule has 0 radical (unpaired) electrons. The van der Waals surface area contributed by atoms with E-state index in [0.29, 0.717) is 25.1 Å². The zero-order valence-corrected chi connectivity index (χ0v) is 11.7.